The molecule has 0 bridgehead atoms. The first-order valence-corrected chi connectivity index (χ1v) is 7.59. The van der Waals surface area contributed by atoms with Gasteiger partial charge in [0.05, 0.1) is 29.9 Å². The highest BCUT2D eigenvalue weighted by Crippen LogP contribution is 2.34. The zero-order valence-electron chi connectivity index (χ0n) is 13.8. The number of aromatic nitrogens is 3. The summed E-state index contributed by atoms with van der Waals surface area (Å²) in [7, 11) is 1.47. The van der Waals surface area contributed by atoms with E-state index < -0.39 is 4.92 Å². The molecule has 0 saturated carbocycles. The SMILES string of the molecule is COc1cc(/C=N\n2cnnc2)c([N+](=O)[O-])cc1OCc1ccccc1. The molecular weight excluding hydrogens is 338 g/mol. The molecule has 0 aliphatic rings. The second kappa shape index (κ2) is 7.88. The summed E-state index contributed by atoms with van der Waals surface area (Å²) in [4.78, 5) is 10.9. The highest BCUT2D eigenvalue weighted by molar-refractivity contribution is 5.86. The summed E-state index contributed by atoms with van der Waals surface area (Å²) in [5.74, 6) is 0.654. The molecule has 3 aromatic rings. The molecule has 0 aliphatic heterocycles. The number of hydrogen-bond donors (Lipinski definition) is 0. The number of nitrogens with zero attached hydrogens (tertiary/aromatic N) is 5. The quantitative estimate of drug-likeness (QED) is 0.367. The van der Waals surface area contributed by atoms with E-state index in [1.54, 1.807) is 0 Å². The van der Waals surface area contributed by atoms with E-state index in [-0.39, 0.29) is 23.6 Å². The first-order valence-electron chi connectivity index (χ1n) is 7.59. The fraction of sp³-hybridized carbons (Fsp3) is 0.118. The predicted octanol–water partition coefficient (Wildman–Crippen LogP) is 2.66. The van der Waals surface area contributed by atoms with Crippen LogP contribution >= 0.6 is 0 Å². The highest BCUT2D eigenvalue weighted by Gasteiger charge is 2.19. The number of benzene rings is 2. The number of methoxy groups -OCH3 is 1. The van der Waals surface area contributed by atoms with Gasteiger partial charge in [-0.25, -0.2) is 4.68 Å². The summed E-state index contributed by atoms with van der Waals surface area (Å²) < 4.78 is 12.3. The third-order valence-electron chi connectivity index (χ3n) is 3.48. The standard InChI is InChI=1S/C17H15N5O4/c1-25-16-7-14(9-20-21-11-18-19-12-21)15(22(23)24)8-17(16)26-10-13-5-3-2-4-6-13/h2-9,11-12H,10H2,1H3/b20-9-. The normalized spacial score (nSPS) is 10.8. The Kier molecular flexibility index (Phi) is 5.18. The molecule has 132 valence electrons. The Balaban J connectivity index is 1.90. The Labute approximate surface area is 148 Å². The van der Waals surface area contributed by atoms with E-state index in [2.05, 4.69) is 15.3 Å². The van der Waals surface area contributed by atoms with Gasteiger partial charge in [-0.05, 0) is 11.6 Å². The van der Waals surface area contributed by atoms with Gasteiger partial charge in [-0.1, -0.05) is 30.3 Å². The average Bonchev–Trinajstić information content (AvgIpc) is 3.18. The van der Waals surface area contributed by atoms with Gasteiger partial charge in [-0.2, -0.15) is 5.10 Å². The minimum atomic E-state index is -0.498. The predicted molar refractivity (Wildman–Crippen MR) is 93.4 cm³/mol. The minimum Gasteiger partial charge on any atom is -0.493 e. The van der Waals surface area contributed by atoms with Crippen molar-refractivity contribution in [2.24, 2.45) is 5.10 Å². The van der Waals surface area contributed by atoms with Gasteiger partial charge in [0.15, 0.2) is 11.5 Å². The van der Waals surface area contributed by atoms with Gasteiger partial charge in [0.25, 0.3) is 5.69 Å². The monoisotopic (exact) mass is 353 g/mol. The molecule has 0 unspecified atom stereocenters. The molecule has 9 nitrogen and oxygen atoms in total. The van der Waals surface area contributed by atoms with Gasteiger partial charge < -0.3 is 9.47 Å². The van der Waals surface area contributed by atoms with Crippen molar-refractivity contribution in [2.75, 3.05) is 7.11 Å². The van der Waals surface area contributed by atoms with Gasteiger partial charge in [0.2, 0.25) is 0 Å². The molecule has 1 heterocycles. The molecule has 26 heavy (non-hydrogen) atoms. The van der Waals surface area contributed by atoms with Gasteiger partial charge in [0, 0.05) is 0 Å². The zero-order chi connectivity index (χ0) is 18.4. The van der Waals surface area contributed by atoms with Crippen LogP contribution in [-0.2, 0) is 6.61 Å². The molecule has 2 aromatic carbocycles. The molecule has 0 fully saturated rings. The highest BCUT2D eigenvalue weighted by atomic mass is 16.6. The van der Waals surface area contributed by atoms with Crippen molar-refractivity contribution in [3.05, 3.63) is 76.4 Å². The molecule has 0 atom stereocenters. The summed E-state index contributed by atoms with van der Waals surface area (Å²) in [6.45, 7) is 0.266. The van der Waals surface area contributed by atoms with Crippen molar-refractivity contribution < 1.29 is 14.4 Å². The molecule has 0 aliphatic carbocycles. The summed E-state index contributed by atoms with van der Waals surface area (Å²) >= 11 is 0. The first-order chi connectivity index (χ1) is 12.7. The van der Waals surface area contributed by atoms with E-state index >= 15 is 0 Å². The van der Waals surface area contributed by atoms with E-state index in [1.165, 1.54) is 42.8 Å². The van der Waals surface area contributed by atoms with Crippen LogP contribution in [0.2, 0.25) is 0 Å². The van der Waals surface area contributed by atoms with Crippen LogP contribution in [0.3, 0.4) is 0 Å². The van der Waals surface area contributed by atoms with Gasteiger partial charge >= 0.3 is 0 Å². The fourth-order valence-electron chi connectivity index (χ4n) is 2.22. The van der Waals surface area contributed by atoms with Gasteiger partial charge in [0.1, 0.15) is 19.3 Å². The Morgan fingerprint density at radius 2 is 1.92 bits per heavy atom. The van der Waals surface area contributed by atoms with E-state index in [1.807, 2.05) is 30.3 Å². The molecule has 0 amide bonds. The van der Waals surface area contributed by atoms with E-state index in [0.717, 1.165) is 5.56 Å². The van der Waals surface area contributed by atoms with E-state index in [0.29, 0.717) is 5.75 Å². The molecule has 3 rings (SSSR count). The van der Waals surface area contributed by atoms with Gasteiger partial charge in [-0.15, -0.1) is 10.2 Å². The first kappa shape index (κ1) is 17.1. The lowest BCUT2D eigenvalue weighted by Crippen LogP contribution is -2.02. The molecule has 9 heteroatoms. The molecule has 0 radical (unpaired) electrons. The maximum atomic E-state index is 11.4. The molecule has 1 aromatic heterocycles. The Morgan fingerprint density at radius 1 is 1.19 bits per heavy atom. The largest absolute Gasteiger partial charge is 0.493 e. The fourth-order valence-corrected chi connectivity index (χ4v) is 2.22. The maximum Gasteiger partial charge on any atom is 0.282 e. The van der Waals surface area contributed by atoms with Gasteiger partial charge in [-0.3, -0.25) is 10.1 Å². The lowest BCUT2D eigenvalue weighted by molar-refractivity contribution is -0.385. The van der Waals surface area contributed by atoms with Crippen molar-refractivity contribution in [3.63, 3.8) is 0 Å². The van der Waals surface area contributed by atoms with E-state index in [4.69, 9.17) is 9.47 Å². The second-order valence-corrected chi connectivity index (χ2v) is 5.18. The van der Waals surface area contributed by atoms with Crippen LogP contribution in [0.4, 0.5) is 5.69 Å². The number of nitro groups is 1. The number of ether oxygens (including phenoxy) is 2. The van der Waals surface area contributed by atoms with Crippen LogP contribution in [0, 0.1) is 10.1 Å². The van der Waals surface area contributed by atoms with Crippen LogP contribution < -0.4 is 9.47 Å². The number of rotatable bonds is 7. The summed E-state index contributed by atoms with van der Waals surface area (Å²) in [5, 5.41) is 22.7. The molecular formula is C17H15N5O4. The zero-order valence-corrected chi connectivity index (χ0v) is 13.8. The third kappa shape index (κ3) is 4.01. The average molecular weight is 353 g/mol. The summed E-state index contributed by atoms with van der Waals surface area (Å²) in [6.07, 6.45) is 4.08. The Hall–Kier alpha value is -3.75. The van der Waals surface area contributed by atoms with E-state index in [9.17, 15) is 10.1 Å². The second-order valence-electron chi connectivity index (χ2n) is 5.18. The molecule has 0 spiro atoms. The van der Waals surface area contributed by atoms with Crippen LogP contribution in [0.1, 0.15) is 11.1 Å². The number of hydrogen-bond acceptors (Lipinski definition) is 7. The Morgan fingerprint density at radius 3 is 2.58 bits per heavy atom. The summed E-state index contributed by atoms with van der Waals surface area (Å²) in [5.41, 5.74) is 1.06. The lowest BCUT2D eigenvalue weighted by Gasteiger charge is -2.11. The lowest BCUT2D eigenvalue weighted by atomic mass is 10.1. The van der Waals surface area contributed by atoms with Crippen molar-refractivity contribution in [1.82, 2.24) is 14.9 Å². The molecule has 0 N–H and O–H groups in total. The van der Waals surface area contributed by atoms with Crippen molar-refractivity contribution in [3.8, 4) is 11.5 Å². The molecule has 0 saturated heterocycles. The summed E-state index contributed by atoms with van der Waals surface area (Å²) in [6, 6.07) is 12.3. The topological polar surface area (TPSA) is 105 Å². The van der Waals surface area contributed by atoms with Crippen molar-refractivity contribution >= 4 is 11.9 Å². The van der Waals surface area contributed by atoms with Crippen LogP contribution in [-0.4, -0.2) is 33.1 Å². The minimum absolute atomic E-state index is 0.148. The third-order valence-corrected chi connectivity index (χ3v) is 3.48. The Bertz CT molecular complexity index is 910. The van der Waals surface area contributed by atoms with Crippen molar-refractivity contribution in [1.29, 1.82) is 0 Å². The van der Waals surface area contributed by atoms with Crippen LogP contribution in [0.15, 0.2) is 60.2 Å². The number of nitro benzene ring substituents is 1. The van der Waals surface area contributed by atoms with Crippen LogP contribution in [0.25, 0.3) is 0 Å². The van der Waals surface area contributed by atoms with Crippen molar-refractivity contribution in [2.45, 2.75) is 6.61 Å². The maximum absolute atomic E-state index is 11.4. The smallest absolute Gasteiger partial charge is 0.282 e. The van der Waals surface area contributed by atoms with Crippen LogP contribution in [0.5, 0.6) is 11.5 Å².